The molecule has 0 unspecified atom stereocenters. The van der Waals surface area contributed by atoms with Crippen molar-refractivity contribution >= 4 is 11.6 Å². The molecule has 21 heavy (non-hydrogen) atoms. The van der Waals surface area contributed by atoms with Crippen molar-refractivity contribution in [3.8, 4) is 5.75 Å². The minimum absolute atomic E-state index is 0.0134. The maximum atomic E-state index is 11.7. The lowest BCUT2D eigenvalue weighted by Gasteiger charge is -2.10. The summed E-state index contributed by atoms with van der Waals surface area (Å²) in [6.07, 6.45) is 0.813. The third-order valence-electron chi connectivity index (χ3n) is 3.14. The van der Waals surface area contributed by atoms with E-state index in [1.54, 1.807) is 12.1 Å². The van der Waals surface area contributed by atoms with Crippen molar-refractivity contribution in [2.24, 2.45) is 0 Å². The molecule has 4 nitrogen and oxygen atoms in total. The molecule has 1 amide bonds. The normalized spacial score (nSPS) is 10.1. The fourth-order valence-electron chi connectivity index (χ4n) is 2.02. The maximum absolute atomic E-state index is 11.7. The smallest absolute Gasteiger partial charge is 0.257 e. The van der Waals surface area contributed by atoms with E-state index in [4.69, 9.17) is 10.5 Å². The fourth-order valence-corrected chi connectivity index (χ4v) is 2.02. The van der Waals surface area contributed by atoms with Crippen LogP contribution in [0.1, 0.15) is 11.1 Å². The number of nitrogens with one attached hydrogen (secondary N) is 1. The summed E-state index contributed by atoms with van der Waals surface area (Å²) >= 11 is 0. The van der Waals surface area contributed by atoms with E-state index in [1.807, 2.05) is 43.3 Å². The Morgan fingerprint density at radius 2 is 1.95 bits per heavy atom. The van der Waals surface area contributed by atoms with Crippen LogP contribution in [0.5, 0.6) is 5.75 Å². The summed E-state index contributed by atoms with van der Waals surface area (Å²) in [5.41, 5.74) is 8.48. The van der Waals surface area contributed by atoms with E-state index in [2.05, 4.69) is 5.32 Å². The van der Waals surface area contributed by atoms with Gasteiger partial charge in [-0.1, -0.05) is 30.3 Å². The summed E-state index contributed by atoms with van der Waals surface area (Å²) in [6, 6.07) is 15.4. The minimum Gasteiger partial charge on any atom is -0.484 e. The zero-order valence-corrected chi connectivity index (χ0v) is 12.1. The van der Waals surface area contributed by atoms with Crippen LogP contribution in [-0.2, 0) is 11.2 Å². The quantitative estimate of drug-likeness (QED) is 0.800. The fraction of sp³-hybridized carbons (Fsp3) is 0.235. The summed E-state index contributed by atoms with van der Waals surface area (Å²) in [5, 5.41) is 2.84. The summed E-state index contributed by atoms with van der Waals surface area (Å²) in [7, 11) is 0. The van der Waals surface area contributed by atoms with E-state index in [0.29, 0.717) is 18.0 Å². The van der Waals surface area contributed by atoms with Gasteiger partial charge < -0.3 is 15.8 Å². The molecule has 3 N–H and O–H groups in total. The van der Waals surface area contributed by atoms with E-state index < -0.39 is 0 Å². The van der Waals surface area contributed by atoms with Crippen molar-refractivity contribution in [1.82, 2.24) is 5.32 Å². The number of carbonyl (C=O) groups is 1. The zero-order chi connectivity index (χ0) is 15.1. The van der Waals surface area contributed by atoms with Gasteiger partial charge in [0.1, 0.15) is 5.75 Å². The first-order valence-corrected chi connectivity index (χ1v) is 6.94. The molecule has 0 aliphatic heterocycles. The Balaban J connectivity index is 1.72. The highest BCUT2D eigenvalue weighted by atomic mass is 16.5. The molecule has 0 aliphatic rings. The predicted octanol–water partition coefficient (Wildman–Crippen LogP) is 2.31. The number of hydrogen-bond donors (Lipinski definition) is 2. The molecule has 0 aromatic heterocycles. The standard InChI is InChI=1S/C17H20N2O2/c1-13-11-15(18)7-8-16(13)21-12-17(20)19-10-9-14-5-3-2-4-6-14/h2-8,11H,9-10,12,18H2,1H3,(H,19,20). The number of aryl methyl sites for hydroxylation is 1. The number of anilines is 1. The monoisotopic (exact) mass is 284 g/mol. The van der Waals surface area contributed by atoms with Crippen molar-refractivity contribution in [3.05, 3.63) is 59.7 Å². The van der Waals surface area contributed by atoms with E-state index in [9.17, 15) is 4.79 Å². The van der Waals surface area contributed by atoms with Gasteiger partial charge in [-0.3, -0.25) is 4.79 Å². The Morgan fingerprint density at radius 1 is 1.19 bits per heavy atom. The number of amides is 1. The topological polar surface area (TPSA) is 64.3 Å². The molecule has 0 heterocycles. The molecule has 0 aliphatic carbocycles. The van der Waals surface area contributed by atoms with Crippen LogP contribution in [0.3, 0.4) is 0 Å². The molecule has 2 rings (SSSR count). The third kappa shape index (κ3) is 4.84. The largest absolute Gasteiger partial charge is 0.484 e. The summed E-state index contributed by atoms with van der Waals surface area (Å²) in [4.78, 5) is 11.7. The van der Waals surface area contributed by atoms with Crippen LogP contribution in [-0.4, -0.2) is 19.1 Å². The average molecular weight is 284 g/mol. The van der Waals surface area contributed by atoms with Crippen LogP contribution in [0, 0.1) is 6.92 Å². The van der Waals surface area contributed by atoms with Gasteiger partial charge in [-0.25, -0.2) is 0 Å². The molecule has 110 valence electrons. The summed E-state index contributed by atoms with van der Waals surface area (Å²) in [5.74, 6) is 0.560. The molecular formula is C17H20N2O2. The number of nitrogens with two attached hydrogens (primary N) is 1. The Labute approximate surface area is 124 Å². The van der Waals surface area contributed by atoms with Crippen LogP contribution in [0.15, 0.2) is 48.5 Å². The second kappa shape index (κ2) is 7.33. The highest BCUT2D eigenvalue weighted by Crippen LogP contribution is 2.19. The number of benzene rings is 2. The van der Waals surface area contributed by atoms with Gasteiger partial charge >= 0.3 is 0 Å². The number of hydrogen-bond acceptors (Lipinski definition) is 3. The van der Waals surface area contributed by atoms with Crippen LogP contribution in [0.4, 0.5) is 5.69 Å². The molecule has 0 spiro atoms. The predicted molar refractivity (Wildman–Crippen MR) is 84.2 cm³/mol. The van der Waals surface area contributed by atoms with Gasteiger partial charge in [-0.2, -0.15) is 0 Å². The van der Waals surface area contributed by atoms with Gasteiger partial charge in [0, 0.05) is 12.2 Å². The number of ether oxygens (including phenoxy) is 1. The SMILES string of the molecule is Cc1cc(N)ccc1OCC(=O)NCCc1ccccc1. The van der Waals surface area contributed by atoms with Gasteiger partial charge in [-0.15, -0.1) is 0 Å². The van der Waals surface area contributed by atoms with Crippen LogP contribution in [0.25, 0.3) is 0 Å². The Kier molecular flexibility index (Phi) is 5.21. The second-order valence-electron chi connectivity index (χ2n) is 4.90. The lowest BCUT2D eigenvalue weighted by Crippen LogP contribution is -2.30. The van der Waals surface area contributed by atoms with Crippen molar-refractivity contribution in [2.75, 3.05) is 18.9 Å². The summed E-state index contributed by atoms with van der Waals surface area (Å²) in [6.45, 7) is 2.52. The molecule has 0 bridgehead atoms. The molecule has 2 aromatic carbocycles. The summed E-state index contributed by atoms with van der Waals surface area (Å²) < 4.78 is 5.49. The van der Waals surface area contributed by atoms with Crippen LogP contribution in [0.2, 0.25) is 0 Å². The van der Waals surface area contributed by atoms with E-state index in [-0.39, 0.29) is 12.5 Å². The van der Waals surface area contributed by atoms with Crippen molar-refractivity contribution < 1.29 is 9.53 Å². The second-order valence-corrected chi connectivity index (χ2v) is 4.90. The van der Waals surface area contributed by atoms with Gasteiger partial charge in [0.15, 0.2) is 6.61 Å². The highest BCUT2D eigenvalue weighted by molar-refractivity contribution is 5.77. The molecular weight excluding hydrogens is 264 g/mol. The first kappa shape index (κ1) is 14.9. The number of nitrogen functional groups attached to an aromatic ring is 1. The third-order valence-corrected chi connectivity index (χ3v) is 3.14. The van der Waals surface area contributed by atoms with E-state index >= 15 is 0 Å². The lowest BCUT2D eigenvalue weighted by atomic mass is 10.1. The van der Waals surface area contributed by atoms with Crippen molar-refractivity contribution in [3.63, 3.8) is 0 Å². The van der Waals surface area contributed by atoms with Crippen LogP contribution >= 0.6 is 0 Å². The first-order valence-electron chi connectivity index (χ1n) is 6.94. The molecule has 0 saturated heterocycles. The molecule has 0 saturated carbocycles. The van der Waals surface area contributed by atoms with Gasteiger partial charge in [0.05, 0.1) is 0 Å². The highest BCUT2D eigenvalue weighted by Gasteiger charge is 2.04. The van der Waals surface area contributed by atoms with E-state index in [1.165, 1.54) is 5.56 Å². The molecule has 0 atom stereocenters. The van der Waals surface area contributed by atoms with Gasteiger partial charge in [-0.05, 0) is 42.7 Å². The van der Waals surface area contributed by atoms with E-state index in [0.717, 1.165) is 12.0 Å². The maximum Gasteiger partial charge on any atom is 0.257 e. The molecule has 0 fully saturated rings. The molecule has 2 aromatic rings. The van der Waals surface area contributed by atoms with Gasteiger partial charge in [0.2, 0.25) is 0 Å². The Hall–Kier alpha value is -2.49. The Morgan fingerprint density at radius 3 is 2.67 bits per heavy atom. The first-order chi connectivity index (χ1) is 10.1. The van der Waals surface area contributed by atoms with Gasteiger partial charge in [0.25, 0.3) is 5.91 Å². The van der Waals surface area contributed by atoms with Crippen molar-refractivity contribution in [1.29, 1.82) is 0 Å². The molecule has 0 radical (unpaired) electrons. The zero-order valence-electron chi connectivity index (χ0n) is 12.1. The Bertz CT molecular complexity index is 597. The van der Waals surface area contributed by atoms with Crippen LogP contribution < -0.4 is 15.8 Å². The number of carbonyl (C=O) groups excluding carboxylic acids is 1. The minimum atomic E-state index is -0.123. The lowest BCUT2D eigenvalue weighted by molar-refractivity contribution is -0.123. The average Bonchev–Trinajstić information content (AvgIpc) is 2.47. The van der Waals surface area contributed by atoms with Crippen molar-refractivity contribution in [2.45, 2.75) is 13.3 Å². The molecule has 4 heteroatoms. The number of rotatable bonds is 6.